The number of carbonyl (C=O) groups is 1. The van der Waals surface area contributed by atoms with Gasteiger partial charge in [-0.05, 0) is 43.0 Å². The van der Waals surface area contributed by atoms with Crippen molar-refractivity contribution in [3.63, 3.8) is 0 Å². The molecule has 0 bridgehead atoms. The predicted molar refractivity (Wildman–Crippen MR) is 93.9 cm³/mol. The number of carbonyl (C=O) groups excluding carboxylic acids is 1. The number of amides is 1. The van der Waals surface area contributed by atoms with Gasteiger partial charge in [0.15, 0.2) is 0 Å². The van der Waals surface area contributed by atoms with Gasteiger partial charge in [0.05, 0.1) is 24.8 Å². The van der Waals surface area contributed by atoms with E-state index in [-0.39, 0.29) is 18.5 Å². The van der Waals surface area contributed by atoms with Gasteiger partial charge in [-0.15, -0.1) is 0 Å². The molecule has 5 heteroatoms. The van der Waals surface area contributed by atoms with E-state index < -0.39 is 0 Å². The third-order valence-corrected chi connectivity index (χ3v) is 3.81. The van der Waals surface area contributed by atoms with Crippen molar-refractivity contribution < 1.29 is 13.9 Å². The lowest BCUT2D eigenvalue weighted by molar-refractivity contribution is 0.0939. The Bertz CT molecular complexity index is 647. The monoisotopic (exact) mass is 330 g/mol. The van der Waals surface area contributed by atoms with E-state index in [1.165, 1.54) is 6.26 Å². The SMILES string of the molecule is CC(C)CCOc1ccc(C(C)NC(=O)c2coc(CN)c2)cc1. The fourth-order valence-corrected chi connectivity index (χ4v) is 2.24. The quantitative estimate of drug-likeness (QED) is 0.774. The summed E-state index contributed by atoms with van der Waals surface area (Å²) < 4.78 is 10.9. The first-order valence-corrected chi connectivity index (χ1v) is 8.30. The fraction of sp³-hybridized carbons (Fsp3) is 0.421. The van der Waals surface area contributed by atoms with Crippen LogP contribution in [-0.4, -0.2) is 12.5 Å². The first kappa shape index (κ1) is 18.1. The molecule has 130 valence electrons. The molecule has 0 aliphatic rings. The Labute approximate surface area is 143 Å². The average Bonchev–Trinajstić information content (AvgIpc) is 3.04. The van der Waals surface area contributed by atoms with Crippen LogP contribution in [-0.2, 0) is 6.54 Å². The van der Waals surface area contributed by atoms with Crippen LogP contribution in [0.3, 0.4) is 0 Å². The summed E-state index contributed by atoms with van der Waals surface area (Å²) in [4.78, 5) is 12.2. The number of hydrogen-bond acceptors (Lipinski definition) is 4. The van der Waals surface area contributed by atoms with Gasteiger partial charge in [-0.3, -0.25) is 4.79 Å². The number of rotatable bonds is 8. The standard InChI is InChI=1S/C19H26N2O3/c1-13(2)8-9-23-17-6-4-15(5-7-17)14(3)21-19(22)16-10-18(11-20)24-12-16/h4-7,10,12-14H,8-9,11,20H2,1-3H3,(H,21,22). The van der Waals surface area contributed by atoms with Gasteiger partial charge in [-0.2, -0.15) is 0 Å². The molecule has 3 N–H and O–H groups in total. The van der Waals surface area contributed by atoms with Crippen molar-refractivity contribution >= 4 is 5.91 Å². The molecule has 0 spiro atoms. The van der Waals surface area contributed by atoms with Crippen LogP contribution in [0.25, 0.3) is 0 Å². The largest absolute Gasteiger partial charge is 0.494 e. The average molecular weight is 330 g/mol. The molecule has 5 nitrogen and oxygen atoms in total. The molecule has 2 aromatic rings. The third-order valence-electron chi connectivity index (χ3n) is 3.81. The minimum Gasteiger partial charge on any atom is -0.494 e. The van der Waals surface area contributed by atoms with Crippen molar-refractivity contribution in [3.05, 3.63) is 53.5 Å². The molecular weight excluding hydrogens is 304 g/mol. The van der Waals surface area contributed by atoms with Crippen molar-refractivity contribution in [2.75, 3.05) is 6.61 Å². The summed E-state index contributed by atoms with van der Waals surface area (Å²) in [7, 11) is 0. The van der Waals surface area contributed by atoms with Crippen LogP contribution >= 0.6 is 0 Å². The molecule has 1 amide bonds. The highest BCUT2D eigenvalue weighted by molar-refractivity contribution is 5.94. The van der Waals surface area contributed by atoms with Crippen molar-refractivity contribution in [3.8, 4) is 5.75 Å². The Morgan fingerprint density at radius 3 is 2.54 bits per heavy atom. The second-order valence-electron chi connectivity index (χ2n) is 6.30. The van der Waals surface area contributed by atoms with E-state index in [1.54, 1.807) is 6.07 Å². The van der Waals surface area contributed by atoms with Gasteiger partial charge in [0, 0.05) is 0 Å². The van der Waals surface area contributed by atoms with Gasteiger partial charge in [0.25, 0.3) is 5.91 Å². The highest BCUT2D eigenvalue weighted by Crippen LogP contribution is 2.19. The van der Waals surface area contributed by atoms with Crippen molar-refractivity contribution in [2.45, 2.75) is 39.8 Å². The summed E-state index contributed by atoms with van der Waals surface area (Å²) in [5.74, 6) is 1.89. The number of nitrogens with one attached hydrogen (secondary N) is 1. The number of furan rings is 1. The van der Waals surface area contributed by atoms with Crippen molar-refractivity contribution in [1.29, 1.82) is 0 Å². The molecule has 0 saturated carbocycles. The van der Waals surface area contributed by atoms with E-state index in [2.05, 4.69) is 19.2 Å². The van der Waals surface area contributed by atoms with E-state index >= 15 is 0 Å². The smallest absolute Gasteiger partial charge is 0.255 e. The number of ether oxygens (including phenoxy) is 1. The lowest BCUT2D eigenvalue weighted by atomic mass is 10.1. The summed E-state index contributed by atoms with van der Waals surface area (Å²) in [5, 5.41) is 2.95. The number of benzene rings is 1. The maximum Gasteiger partial charge on any atom is 0.255 e. The van der Waals surface area contributed by atoms with E-state index in [0.29, 0.717) is 23.8 Å². The molecule has 2 rings (SSSR count). The van der Waals surface area contributed by atoms with Crippen LogP contribution in [0.5, 0.6) is 5.75 Å². The minimum absolute atomic E-state index is 0.113. The Balaban J connectivity index is 1.89. The highest BCUT2D eigenvalue weighted by Gasteiger charge is 2.14. The lowest BCUT2D eigenvalue weighted by Gasteiger charge is -2.14. The maximum atomic E-state index is 12.2. The minimum atomic E-state index is -0.178. The zero-order valence-electron chi connectivity index (χ0n) is 14.5. The Hall–Kier alpha value is -2.27. The lowest BCUT2D eigenvalue weighted by Crippen LogP contribution is -2.26. The van der Waals surface area contributed by atoms with Crippen LogP contribution in [0.2, 0.25) is 0 Å². The predicted octanol–water partition coefficient (Wildman–Crippen LogP) is 3.65. The molecule has 1 atom stereocenters. The van der Waals surface area contributed by atoms with Gasteiger partial charge in [-0.1, -0.05) is 26.0 Å². The molecule has 1 heterocycles. The zero-order chi connectivity index (χ0) is 17.5. The van der Waals surface area contributed by atoms with E-state index in [0.717, 1.165) is 17.7 Å². The first-order valence-electron chi connectivity index (χ1n) is 8.30. The highest BCUT2D eigenvalue weighted by atomic mass is 16.5. The number of hydrogen-bond donors (Lipinski definition) is 2. The van der Waals surface area contributed by atoms with Gasteiger partial charge in [0.1, 0.15) is 17.8 Å². The second-order valence-corrected chi connectivity index (χ2v) is 6.30. The Morgan fingerprint density at radius 1 is 1.25 bits per heavy atom. The first-order chi connectivity index (χ1) is 11.5. The van der Waals surface area contributed by atoms with Crippen LogP contribution < -0.4 is 15.8 Å². The Kier molecular flexibility index (Phi) is 6.44. The summed E-state index contributed by atoms with van der Waals surface area (Å²) in [5.41, 5.74) is 6.98. The molecule has 1 aromatic heterocycles. The van der Waals surface area contributed by atoms with Gasteiger partial charge < -0.3 is 20.2 Å². The van der Waals surface area contributed by atoms with Crippen molar-refractivity contribution in [2.24, 2.45) is 11.7 Å². The Morgan fingerprint density at radius 2 is 1.96 bits per heavy atom. The summed E-state index contributed by atoms with van der Waals surface area (Å²) in [6.07, 6.45) is 2.46. The summed E-state index contributed by atoms with van der Waals surface area (Å²) in [6, 6.07) is 9.35. The van der Waals surface area contributed by atoms with E-state index in [4.69, 9.17) is 14.9 Å². The molecule has 0 radical (unpaired) electrons. The molecule has 0 aliphatic carbocycles. The normalized spacial score (nSPS) is 12.2. The maximum absolute atomic E-state index is 12.2. The van der Waals surface area contributed by atoms with Crippen LogP contribution in [0.1, 0.15) is 54.9 Å². The number of nitrogens with two attached hydrogens (primary N) is 1. The van der Waals surface area contributed by atoms with Crippen LogP contribution in [0.15, 0.2) is 41.0 Å². The molecule has 0 saturated heterocycles. The van der Waals surface area contributed by atoms with Gasteiger partial charge >= 0.3 is 0 Å². The molecule has 0 fully saturated rings. The molecule has 1 unspecified atom stereocenters. The zero-order valence-corrected chi connectivity index (χ0v) is 14.5. The second kappa shape index (κ2) is 8.55. The van der Waals surface area contributed by atoms with Gasteiger partial charge in [-0.25, -0.2) is 0 Å². The molecule has 0 aliphatic heterocycles. The van der Waals surface area contributed by atoms with E-state index in [1.807, 2.05) is 31.2 Å². The summed E-state index contributed by atoms with van der Waals surface area (Å²) >= 11 is 0. The molecular formula is C19H26N2O3. The van der Waals surface area contributed by atoms with Gasteiger partial charge in [0.2, 0.25) is 0 Å². The third kappa shape index (κ3) is 5.13. The van der Waals surface area contributed by atoms with Crippen LogP contribution in [0, 0.1) is 5.92 Å². The van der Waals surface area contributed by atoms with Crippen molar-refractivity contribution in [1.82, 2.24) is 5.32 Å². The topological polar surface area (TPSA) is 77.5 Å². The summed E-state index contributed by atoms with van der Waals surface area (Å²) in [6.45, 7) is 7.28. The molecule has 1 aromatic carbocycles. The van der Waals surface area contributed by atoms with Crippen LogP contribution in [0.4, 0.5) is 0 Å². The fourth-order valence-electron chi connectivity index (χ4n) is 2.24. The van der Waals surface area contributed by atoms with E-state index in [9.17, 15) is 4.79 Å². The molecule has 24 heavy (non-hydrogen) atoms.